The third kappa shape index (κ3) is 3.60. The monoisotopic (exact) mass is 395 g/mol. The molecule has 0 saturated carbocycles. The summed E-state index contributed by atoms with van der Waals surface area (Å²) in [6.45, 7) is 1.44. The lowest BCUT2D eigenvalue weighted by Gasteiger charge is -2.03. The summed E-state index contributed by atoms with van der Waals surface area (Å²) in [5, 5.41) is 12.6. The van der Waals surface area contributed by atoms with Gasteiger partial charge in [-0.1, -0.05) is 11.3 Å². The van der Waals surface area contributed by atoms with Gasteiger partial charge in [0.2, 0.25) is 5.91 Å². The smallest absolute Gasteiger partial charge is 0.261 e. The van der Waals surface area contributed by atoms with E-state index in [0.29, 0.717) is 33.2 Å². The first-order valence-corrected chi connectivity index (χ1v) is 9.10. The maximum atomic E-state index is 13.1. The van der Waals surface area contributed by atoms with Crippen LogP contribution in [0.15, 0.2) is 48.7 Å². The third-order valence-electron chi connectivity index (χ3n) is 3.95. The minimum Gasteiger partial charge on any atom is -0.326 e. The molecular weight excluding hydrogens is 381 g/mol. The molecule has 0 fully saturated rings. The minimum absolute atomic E-state index is 0.161. The number of nitrogens with one attached hydrogen (secondary N) is 3. The molecular formula is C19H14FN5O2S. The molecule has 4 rings (SSSR count). The van der Waals surface area contributed by atoms with Crippen LogP contribution in [0.4, 0.5) is 15.2 Å². The first-order chi connectivity index (χ1) is 13.5. The van der Waals surface area contributed by atoms with Gasteiger partial charge in [-0.3, -0.25) is 20.0 Å². The van der Waals surface area contributed by atoms with Crippen LogP contribution in [-0.4, -0.2) is 27.0 Å². The molecule has 2 amide bonds. The highest BCUT2D eigenvalue weighted by Crippen LogP contribution is 2.29. The number of aromatic nitrogens is 3. The molecule has 2 heterocycles. The molecule has 3 N–H and O–H groups in total. The highest BCUT2D eigenvalue weighted by atomic mass is 32.1. The van der Waals surface area contributed by atoms with Gasteiger partial charge >= 0.3 is 0 Å². The number of thiazole rings is 1. The normalized spacial score (nSPS) is 10.8. The first kappa shape index (κ1) is 17.8. The van der Waals surface area contributed by atoms with Gasteiger partial charge in [-0.15, -0.1) is 0 Å². The molecule has 4 aromatic rings. The van der Waals surface area contributed by atoms with Gasteiger partial charge in [-0.25, -0.2) is 9.37 Å². The molecule has 0 bridgehead atoms. The second-order valence-corrected chi connectivity index (χ2v) is 7.03. The van der Waals surface area contributed by atoms with Crippen LogP contribution >= 0.6 is 11.3 Å². The number of anilines is 2. The highest BCUT2D eigenvalue weighted by Gasteiger charge is 2.17. The molecule has 0 radical (unpaired) electrons. The number of nitrogens with zero attached hydrogens (tertiary/aromatic N) is 2. The zero-order valence-corrected chi connectivity index (χ0v) is 15.4. The Labute approximate surface area is 162 Å². The average molecular weight is 395 g/mol. The number of hydrogen-bond acceptors (Lipinski definition) is 5. The van der Waals surface area contributed by atoms with E-state index in [-0.39, 0.29) is 17.6 Å². The zero-order valence-electron chi connectivity index (χ0n) is 14.6. The van der Waals surface area contributed by atoms with Gasteiger partial charge in [0.25, 0.3) is 5.91 Å². The maximum absolute atomic E-state index is 13.1. The summed E-state index contributed by atoms with van der Waals surface area (Å²) < 4.78 is 14.0. The van der Waals surface area contributed by atoms with E-state index < -0.39 is 0 Å². The van der Waals surface area contributed by atoms with E-state index in [1.54, 1.807) is 30.3 Å². The van der Waals surface area contributed by atoms with Crippen LogP contribution in [-0.2, 0) is 4.79 Å². The molecule has 0 aliphatic heterocycles. The minimum atomic E-state index is -0.380. The predicted octanol–water partition coefficient (Wildman–Crippen LogP) is 4.04. The largest absolute Gasteiger partial charge is 0.326 e. The standard InChI is InChI=1S/C19H14FN5O2S/c1-10(26)22-13-6-7-15-16(8-13)28-19(23-15)24-18(27)14-9-21-25-17(14)11-2-4-12(20)5-3-11/h2-9H,1H3,(H,21,25)(H,22,26)(H,23,24,27). The molecule has 28 heavy (non-hydrogen) atoms. The van der Waals surface area contributed by atoms with Gasteiger partial charge in [0.05, 0.1) is 27.7 Å². The maximum Gasteiger partial charge on any atom is 0.261 e. The average Bonchev–Trinajstić information content (AvgIpc) is 3.28. The van der Waals surface area contributed by atoms with Gasteiger partial charge < -0.3 is 5.32 Å². The highest BCUT2D eigenvalue weighted by molar-refractivity contribution is 7.22. The van der Waals surface area contributed by atoms with Crippen LogP contribution < -0.4 is 10.6 Å². The van der Waals surface area contributed by atoms with E-state index in [0.717, 1.165) is 4.70 Å². The van der Waals surface area contributed by atoms with Crippen molar-refractivity contribution in [2.45, 2.75) is 6.92 Å². The lowest BCUT2D eigenvalue weighted by Crippen LogP contribution is -2.12. The topological polar surface area (TPSA) is 99.8 Å². The van der Waals surface area contributed by atoms with Crippen molar-refractivity contribution >= 4 is 44.2 Å². The fourth-order valence-electron chi connectivity index (χ4n) is 2.72. The van der Waals surface area contributed by atoms with Crippen molar-refractivity contribution in [3.05, 3.63) is 60.0 Å². The van der Waals surface area contributed by atoms with E-state index >= 15 is 0 Å². The molecule has 0 aliphatic rings. The summed E-state index contributed by atoms with van der Waals surface area (Å²) in [6.07, 6.45) is 1.41. The number of fused-ring (bicyclic) bond motifs is 1. The molecule has 0 saturated heterocycles. The summed E-state index contributed by atoms with van der Waals surface area (Å²) in [5.41, 5.74) is 2.83. The van der Waals surface area contributed by atoms with Gasteiger partial charge in [-0.05, 0) is 42.5 Å². The lowest BCUT2D eigenvalue weighted by molar-refractivity contribution is -0.114. The van der Waals surface area contributed by atoms with Crippen LogP contribution in [0.25, 0.3) is 21.5 Å². The summed E-state index contributed by atoms with van der Waals surface area (Å²) in [4.78, 5) is 28.3. The second-order valence-electron chi connectivity index (χ2n) is 6.00. The van der Waals surface area contributed by atoms with Crippen molar-refractivity contribution < 1.29 is 14.0 Å². The van der Waals surface area contributed by atoms with E-state index in [1.165, 1.54) is 36.6 Å². The van der Waals surface area contributed by atoms with Crippen LogP contribution in [0.5, 0.6) is 0 Å². The van der Waals surface area contributed by atoms with Gasteiger partial charge in [-0.2, -0.15) is 5.10 Å². The number of hydrogen-bond donors (Lipinski definition) is 3. The van der Waals surface area contributed by atoms with Crippen molar-refractivity contribution in [2.75, 3.05) is 10.6 Å². The Hall–Kier alpha value is -3.59. The third-order valence-corrected chi connectivity index (χ3v) is 4.88. The van der Waals surface area contributed by atoms with Crippen molar-refractivity contribution in [1.82, 2.24) is 15.2 Å². The van der Waals surface area contributed by atoms with Gasteiger partial charge in [0, 0.05) is 18.2 Å². The summed E-state index contributed by atoms with van der Waals surface area (Å²) in [7, 11) is 0. The number of benzene rings is 2. The molecule has 140 valence electrons. The number of halogens is 1. The Morgan fingerprint density at radius 2 is 1.89 bits per heavy atom. The summed E-state index contributed by atoms with van der Waals surface area (Å²) in [5.74, 6) is -0.901. The molecule has 0 aliphatic carbocycles. The molecule has 0 atom stereocenters. The quantitative estimate of drug-likeness (QED) is 0.486. The number of rotatable bonds is 4. The van der Waals surface area contributed by atoms with E-state index in [2.05, 4.69) is 25.8 Å². The Morgan fingerprint density at radius 1 is 1.11 bits per heavy atom. The molecule has 7 nitrogen and oxygen atoms in total. The Bertz CT molecular complexity index is 1180. The van der Waals surface area contributed by atoms with Crippen molar-refractivity contribution in [3.8, 4) is 11.3 Å². The van der Waals surface area contributed by atoms with E-state index in [9.17, 15) is 14.0 Å². The van der Waals surface area contributed by atoms with Crippen LogP contribution in [0.1, 0.15) is 17.3 Å². The second kappa shape index (κ2) is 7.20. The lowest BCUT2D eigenvalue weighted by atomic mass is 10.1. The summed E-state index contributed by atoms with van der Waals surface area (Å²) in [6, 6.07) is 11.1. The van der Waals surface area contributed by atoms with E-state index in [4.69, 9.17) is 0 Å². The number of amides is 2. The van der Waals surface area contributed by atoms with Crippen molar-refractivity contribution in [2.24, 2.45) is 0 Å². The van der Waals surface area contributed by atoms with Crippen molar-refractivity contribution in [3.63, 3.8) is 0 Å². The number of carbonyl (C=O) groups excluding carboxylic acids is 2. The van der Waals surface area contributed by atoms with Gasteiger partial charge in [0.15, 0.2) is 5.13 Å². The van der Waals surface area contributed by atoms with Crippen LogP contribution in [0.3, 0.4) is 0 Å². The van der Waals surface area contributed by atoms with Crippen molar-refractivity contribution in [1.29, 1.82) is 0 Å². The fraction of sp³-hybridized carbons (Fsp3) is 0.0526. The first-order valence-electron chi connectivity index (χ1n) is 8.28. The van der Waals surface area contributed by atoms with Crippen LogP contribution in [0.2, 0.25) is 0 Å². The Balaban J connectivity index is 1.58. The molecule has 9 heteroatoms. The van der Waals surface area contributed by atoms with Gasteiger partial charge in [0.1, 0.15) is 5.82 Å². The number of aromatic amines is 1. The molecule has 2 aromatic carbocycles. The molecule has 0 spiro atoms. The zero-order chi connectivity index (χ0) is 19.7. The number of carbonyl (C=O) groups is 2. The Kier molecular flexibility index (Phi) is 4.58. The van der Waals surface area contributed by atoms with E-state index in [1.807, 2.05) is 0 Å². The predicted molar refractivity (Wildman–Crippen MR) is 106 cm³/mol. The van der Waals surface area contributed by atoms with Crippen LogP contribution in [0, 0.1) is 5.82 Å². The number of H-pyrrole nitrogens is 1. The summed E-state index contributed by atoms with van der Waals surface area (Å²) >= 11 is 1.29. The molecule has 2 aromatic heterocycles. The molecule has 0 unspecified atom stereocenters. The fourth-order valence-corrected chi connectivity index (χ4v) is 3.62. The Morgan fingerprint density at radius 3 is 2.64 bits per heavy atom. The SMILES string of the molecule is CC(=O)Nc1ccc2nc(NC(=O)c3cn[nH]c3-c3ccc(F)cc3)sc2c1.